The molecule has 1 aliphatic heterocycles. The van der Waals surface area contributed by atoms with Crippen molar-refractivity contribution in [3.05, 3.63) is 0 Å². The number of carboxylic acids is 1. The van der Waals surface area contributed by atoms with Crippen molar-refractivity contribution in [1.29, 1.82) is 0 Å². The Kier molecular flexibility index (Phi) is 6.08. The third-order valence-corrected chi connectivity index (χ3v) is 3.63. The van der Waals surface area contributed by atoms with Crippen LogP contribution in [0.15, 0.2) is 0 Å². The molecule has 0 radical (unpaired) electrons. The summed E-state index contributed by atoms with van der Waals surface area (Å²) in [4.78, 5) is 26.5. The highest BCUT2D eigenvalue weighted by Gasteiger charge is 2.28. The molecule has 110 valence electrons. The van der Waals surface area contributed by atoms with Gasteiger partial charge in [-0.05, 0) is 26.7 Å². The van der Waals surface area contributed by atoms with Crippen molar-refractivity contribution in [2.45, 2.75) is 45.3 Å². The van der Waals surface area contributed by atoms with Crippen LogP contribution in [0.2, 0.25) is 0 Å². The molecule has 1 heterocycles. The van der Waals surface area contributed by atoms with Gasteiger partial charge < -0.3 is 19.6 Å². The number of carboxylic acid groups (broad SMARTS) is 1. The van der Waals surface area contributed by atoms with Crippen molar-refractivity contribution in [2.75, 3.05) is 26.7 Å². The summed E-state index contributed by atoms with van der Waals surface area (Å²) >= 11 is 0. The maximum Gasteiger partial charge on any atom is 0.320 e. The lowest BCUT2D eigenvalue weighted by Gasteiger charge is -2.37. The summed E-state index contributed by atoms with van der Waals surface area (Å²) in [5, 5.41) is 8.82. The summed E-state index contributed by atoms with van der Waals surface area (Å²) < 4.78 is 5.28. The predicted octanol–water partition coefficient (Wildman–Crippen LogP) is 1.40. The first-order valence-corrected chi connectivity index (χ1v) is 6.79. The number of hydrogen-bond donors (Lipinski definition) is 1. The van der Waals surface area contributed by atoms with Crippen LogP contribution >= 0.6 is 0 Å². The Morgan fingerprint density at radius 2 is 2.00 bits per heavy atom. The van der Waals surface area contributed by atoms with E-state index in [0.717, 1.165) is 12.8 Å². The summed E-state index contributed by atoms with van der Waals surface area (Å²) in [6.45, 7) is 5.52. The monoisotopic (exact) mass is 272 g/mol. The van der Waals surface area contributed by atoms with Gasteiger partial charge in [0.15, 0.2) is 0 Å². The zero-order valence-corrected chi connectivity index (χ0v) is 12.0. The first-order chi connectivity index (χ1) is 8.99. The summed E-state index contributed by atoms with van der Waals surface area (Å²) in [7, 11) is 1.69. The van der Waals surface area contributed by atoms with Crippen molar-refractivity contribution in [3.8, 4) is 0 Å². The van der Waals surface area contributed by atoms with Crippen LogP contribution in [-0.2, 0) is 9.53 Å². The summed E-state index contributed by atoms with van der Waals surface area (Å²) in [6, 6.07) is -0.346. The number of carbonyl (C=O) groups excluding carboxylic acids is 1. The fourth-order valence-electron chi connectivity index (χ4n) is 2.46. The van der Waals surface area contributed by atoms with E-state index in [1.165, 1.54) is 0 Å². The van der Waals surface area contributed by atoms with E-state index in [-0.39, 0.29) is 24.6 Å². The van der Waals surface area contributed by atoms with Gasteiger partial charge in [-0.2, -0.15) is 0 Å². The number of hydrogen-bond acceptors (Lipinski definition) is 3. The fraction of sp³-hybridized carbons (Fsp3) is 0.846. The molecule has 0 aromatic carbocycles. The van der Waals surface area contributed by atoms with Crippen molar-refractivity contribution in [1.82, 2.24) is 9.80 Å². The number of rotatable bonds is 5. The van der Waals surface area contributed by atoms with E-state index in [2.05, 4.69) is 0 Å². The smallest absolute Gasteiger partial charge is 0.320 e. The van der Waals surface area contributed by atoms with Gasteiger partial charge in [-0.1, -0.05) is 0 Å². The van der Waals surface area contributed by atoms with E-state index >= 15 is 0 Å². The van der Waals surface area contributed by atoms with E-state index in [9.17, 15) is 9.59 Å². The van der Waals surface area contributed by atoms with Gasteiger partial charge in [0.25, 0.3) is 0 Å². The number of methoxy groups -OCH3 is 1. The molecule has 1 atom stereocenters. The molecule has 2 amide bonds. The molecule has 0 aromatic heterocycles. The quantitative estimate of drug-likeness (QED) is 0.821. The number of urea groups is 1. The molecule has 0 aliphatic carbocycles. The molecule has 0 bridgehead atoms. The number of piperidine rings is 1. The average Bonchev–Trinajstić information content (AvgIpc) is 2.38. The van der Waals surface area contributed by atoms with Gasteiger partial charge in [-0.25, -0.2) is 4.79 Å². The highest BCUT2D eigenvalue weighted by Crippen LogP contribution is 2.16. The largest absolute Gasteiger partial charge is 0.481 e. The summed E-state index contributed by atoms with van der Waals surface area (Å²) in [5.41, 5.74) is 0. The second kappa shape index (κ2) is 7.33. The van der Waals surface area contributed by atoms with E-state index in [1.54, 1.807) is 23.8 Å². The molecule has 0 spiro atoms. The molecule has 0 aromatic rings. The SMILES string of the molecule is CCN(C(=O)N1CCC(OC)CC1)C(C)CC(=O)O. The standard InChI is InChI=1S/C13H24N2O4/c1-4-15(10(2)9-12(16)17)13(18)14-7-5-11(19-3)6-8-14/h10-11H,4-9H2,1-3H3,(H,16,17). The van der Waals surface area contributed by atoms with Gasteiger partial charge >= 0.3 is 12.0 Å². The number of nitrogens with zero attached hydrogens (tertiary/aromatic N) is 2. The minimum absolute atomic E-state index is 0.0197. The second-order valence-corrected chi connectivity index (χ2v) is 4.94. The lowest BCUT2D eigenvalue weighted by atomic mass is 10.1. The van der Waals surface area contributed by atoms with Gasteiger partial charge in [0.2, 0.25) is 0 Å². The van der Waals surface area contributed by atoms with Crippen LogP contribution in [0.4, 0.5) is 4.79 Å². The van der Waals surface area contributed by atoms with E-state index in [1.807, 2.05) is 6.92 Å². The minimum atomic E-state index is -0.878. The number of carbonyl (C=O) groups is 2. The first-order valence-electron chi connectivity index (χ1n) is 6.79. The van der Waals surface area contributed by atoms with Crippen LogP contribution in [0.5, 0.6) is 0 Å². The highest BCUT2D eigenvalue weighted by atomic mass is 16.5. The van der Waals surface area contributed by atoms with Crippen LogP contribution in [0, 0.1) is 0 Å². The molecular formula is C13H24N2O4. The average molecular weight is 272 g/mol. The normalized spacial score (nSPS) is 18.2. The van der Waals surface area contributed by atoms with Crippen LogP contribution in [-0.4, -0.2) is 65.8 Å². The zero-order valence-electron chi connectivity index (χ0n) is 12.0. The molecule has 1 rings (SSSR count). The van der Waals surface area contributed by atoms with Crippen LogP contribution in [0.25, 0.3) is 0 Å². The van der Waals surface area contributed by atoms with Crippen molar-refractivity contribution in [2.24, 2.45) is 0 Å². The maximum absolute atomic E-state index is 12.4. The molecule has 1 aliphatic rings. The Hall–Kier alpha value is -1.30. The van der Waals surface area contributed by atoms with Crippen LogP contribution < -0.4 is 0 Å². The predicted molar refractivity (Wildman–Crippen MR) is 71.1 cm³/mol. The van der Waals surface area contributed by atoms with Gasteiger partial charge in [0.05, 0.1) is 12.5 Å². The Bertz CT molecular complexity index is 314. The summed E-state index contributed by atoms with van der Waals surface area (Å²) in [6.07, 6.45) is 1.89. The molecular weight excluding hydrogens is 248 g/mol. The molecule has 6 heteroatoms. The third-order valence-electron chi connectivity index (χ3n) is 3.63. The second-order valence-electron chi connectivity index (χ2n) is 4.94. The summed E-state index contributed by atoms with van der Waals surface area (Å²) in [5.74, 6) is -0.878. The Morgan fingerprint density at radius 3 is 2.42 bits per heavy atom. The Balaban J connectivity index is 2.56. The van der Waals surface area contributed by atoms with Crippen LogP contribution in [0.1, 0.15) is 33.1 Å². The van der Waals surface area contributed by atoms with Crippen molar-refractivity contribution >= 4 is 12.0 Å². The molecule has 6 nitrogen and oxygen atoms in total. The van der Waals surface area contributed by atoms with Crippen molar-refractivity contribution < 1.29 is 19.4 Å². The Labute approximate surface area is 114 Å². The molecule has 1 fully saturated rings. The topological polar surface area (TPSA) is 70.1 Å². The number of aliphatic carboxylic acids is 1. The lowest BCUT2D eigenvalue weighted by molar-refractivity contribution is -0.138. The molecule has 1 unspecified atom stereocenters. The number of amides is 2. The minimum Gasteiger partial charge on any atom is -0.481 e. The number of ether oxygens (including phenoxy) is 1. The van der Waals surface area contributed by atoms with Gasteiger partial charge in [0.1, 0.15) is 0 Å². The lowest BCUT2D eigenvalue weighted by Crippen LogP contribution is -2.50. The van der Waals surface area contributed by atoms with E-state index in [0.29, 0.717) is 19.6 Å². The maximum atomic E-state index is 12.4. The van der Waals surface area contributed by atoms with Gasteiger partial charge in [0, 0.05) is 32.8 Å². The third kappa shape index (κ3) is 4.38. The molecule has 1 N–H and O–H groups in total. The van der Waals surface area contributed by atoms with Gasteiger partial charge in [-0.3, -0.25) is 4.79 Å². The molecule has 1 saturated heterocycles. The number of likely N-dealkylation sites (tertiary alicyclic amines) is 1. The molecule has 0 saturated carbocycles. The van der Waals surface area contributed by atoms with Crippen molar-refractivity contribution in [3.63, 3.8) is 0 Å². The van der Waals surface area contributed by atoms with E-state index in [4.69, 9.17) is 9.84 Å². The Morgan fingerprint density at radius 1 is 1.42 bits per heavy atom. The fourth-order valence-corrected chi connectivity index (χ4v) is 2.46. The van der Waals surface area contributed by atoms with Gasteiger partial charge in [-0.15, -0.1) is 0 Å². The molecule has 19 heavy (non-hydrogen) atoms. The zero-order chi connectivity index (χ0) is 14.4. The van der Waals surface area contributed by atoms with Crippen LogP contribution in [0.3, 0.4) is 0 Å². The highest BCUT2D eigenvalue weighted by molar-refractivity contribution is 5.76. The van der Waals surface area contributed by atoms with E-state index < -0.39 is 5.97 Å². The first kappa shape index (κ1) is 15.8.